The topological polar surface area (TPSA) is 79.4 Å². The molecule has 1 amide bonds. The fraction of sp³-hybridized carbons (Fsp3) is 0.400. The summed E-state index contributed by atoms with van der Waals surface area (Å²) in [5, 5.41) is 3.26. The molecule has 7 heteroatoms. The van der Waals surface area contributed by atoms with Gasteiger partial charge in [-0.2, -0.15) is 0 Å². The molecular weight excluding hydrogens is 362 g/mol. The Labute approximate surface area is 160 Å². The summed E-state index contributed by atoms with van der Waals surface area (Å²) in [7, 11) is -3.04. The molecule has 1 unspecified atom stereocenters. The molecule has 1 saturated heterocycles. The number of hydrogen-bond acceptors (Lipinski definition) is 5. The first-order valence-corrected chi connectivity index (χ1v) is 10.9. The second kappa shape index (κ2) is 7.68. The lowest BCUT2D eigenvalue weighted by Crippen LogP contribution is -2.41. The van der Waals surface area contributed by atoms with Gasteiger partial charge in [-0.05, 0) is 51.0 Å². The van der Waals surface area contributed by atoms with E-state index in [4.69, 9.17) is 0 Å². The molecule has 2 heterocycles. The number of pyridine rings is 1. The molecule has 2 aromatic rings. The number of amides is 1. The Bertz CT molecular complexity index is 957. The van der Waals surface area contributed by atoms with Crippen molar-refractivity contribution in [1.82, 2.24) is 9.88 Å². The van der Waals surface area contributed by atoms with Crippen molar-refractivity contribution in [3.63, 3.8) is 0 Å². The molecule has 0 aliphatic carbocycles. The van der Waals surface area contributed by atoms with Crippen LogP contribution in [0.3, 0.4) is 0 Å². The van der Waals surface area contributed by atoms with Gasteiger partial charge in [-0.25, -0.2) is 13.4 Å². The van der Waals surface area contributed by atoms with E-state index in [-0.39, 0.29) is 23.5 Å². The third-order valence-electron chi connectivity index (χ3n) is 4.90. The van der Waals surface area contributed by atoms with Crippen LogP contribution < -0.4 is 5.32 Å². The average Bonchev–Trinajstić information content (AvgIpc) is 2.98. The zero-order valence-electron chi connectivity index (χ0n) is 15.9. The Morgan fingerprint density at radius 2 is 2.04 bits per heavy atom. The standard InChI is InChI=1S/C20H25N3O3S/c1-4-23(17-8-10-27(25,26)13-17)20(24)16-7-9-21-19(12-16)22-18-6-5-14(2)11-15(18)3/h5-7,9,11-12,17H,4,8,10,13H2,1-3H3,(H,21,22). The minimum atomic E-state index is -3.04. The van der Waals surface area contributed by atoms with Crippen LogP contribution in [0.25, 0.3) is 0 Å². The predicted octanol–water partition coefficient (Wildman–Crippen LogP) is 3.09. The van der Waals surface area contributed by atoms with Crippen molar-refractivity contribution >= 4 is 27.2 Å². The van der Waals surface area contributed by atoms with Gasteiger partial charge in [0.25, 0.3) is 5.91 Å². The molecular formula is C20H25N3O3S. The summed E-state index contributed by atoms with van der Waals surface area (Å²) in [6, 6.07) is 9.22. The summed E-state index contributed by atoms with van der Waals surface area (Å²) in [5.74, 6) is 0.622. The summed E-state index contributed by atoms with van der Waals surface area (Å²) in [6.45, 7) is 6.40. The summed E-state index contributed by atoms with van der Waals surface area (Å²) >= 11 is 0. The van der Waals surface area contributed by atoms with E-state index >= 15 is 0 Å². The van der Waals surface area contributed by atoms with Crippen LogP contribution in [0.15, 0.2) is 36.5 Å². The minimum absolute atomic E-state index is 0.0470. The van der Waals surface area contributed by atoms with Crippen LogP contribution in [-0.4, -0.2) is 48.3 Å². The quantitative estimate of drug-likeness (QED) is 0.853. The van der Waals surface area contributed by atoms with E-state index < -0.39 is 9.84 Å². The van der Waals surface area contributed by atoms with Gasteiger partial charge in [0.15, 0.2) is 9.84 Å². The van der Waals surface area contributed by atoms with Crippen LogP contribution in [-0.2, 0) is 9.84 Å². The lowest BCUT2D eigenvalue weighted by atomic mass is 10.1. The highest BCUT2D eigenvalue weighted by Crippen LogP contribution is 2.23. The van der Waals surface area contributed by atoms with Gasteiger partial charge in [0.2, 0.25) is 0 Å². The molecule has 1 fully saturated rings. The van der Waals surface area contributed by atoms with Crippen LogP contribution in [0.5, 0.6) is 0 Å². The first kappa shape index (κ1) is 19.4. The second-order valence-corrected chi connectivity index (χ2v) is 9.25. The highest BCUT2D eigenvalue weighted by atomic mass is 32.2. The number of anilines is 2. The highest BCUT2D eigenvalue weighted by molar-refractivity contribution is 7.91. The Balaban J connectivity index is 1.80. The van der Waals surface area contributed by atoms with E-state index in [0.29, 0.717) is 24.3 Å². The van der Waals surface area contributed by atoms with Gasteiger partial charge in [0.05, 0.1) is 11.5 Å². The van der Waals surface area contributed by atoms with Crippen molar-refractivity contribution in [3.8, 4) is 0 Å². The van der Waals surface area contributed by atoms with Crippen molar-refractivity contribution in [1.29, 1.82) is 0 Å². The monoisotopic (exact) mass is 387 g/mol. The molecule has 0 bridgehead atoms. The average molecular weight is 388 g/mol. The molecule has 1 N–H and O–H groups in total. The second-order valence-electron chi connectivity index (χ2n) is 7.02. The highest BCUT2D eigenvalue weighted by Gasteiger charge is 2.34. The number of carbonyl (C=O) groups is 1. The SMILES string of the molecule is CCN(C(=O)c1ccnc(Nc2ccc(C)cc2C)c1)C1CCS(=O)(=O)C1. The molecule has 0 radical (unpaired) electrons. The number of aromatic nitrogens is 1. The normalized spacial score (nSPS) is 18.3. The molecule has 1 aliphatic rings. The predicted molar refractivity (Wildman–Crippen MR) is 107 cm³/mol. The maximum Gasteiger partial charge on any atom is 0.254 e. The first-order chi connectivity index (χ1) is 12.8. The number of rotatable bonds is 5. The van der Waals surface area contributed by atoms with Gasteiger partial charge in [0.1, 0.15) is 5.82 Å². The van der Waals surface area contributed by atoms with Gasteiger partial charge in [-0.1, -0.05) is 17.7 Å². The summed E-state index contributed by atoms with van der Waals surface area (Å²) in [5.41, 5.74) is 3.72. The number of benzene rings is 1. The number of nitrogens with zero attached hydrogens (tertiary/aromatic N) is 2. The Morgan fingerprint density at radius 1 is 1.26 bits per heavy atom. The van der Waals surface area contributed by atoms with Crippen molar-refractivity contribution in [2.24, 2.45) is 0 Å². The number of nitrogens with one attached hydrogen (secondary N) is 1. The van der Waals surface area contributed by atoms with Crippen LogP contribution in [0.4, 0.5) is 11.5 Å². The van der Waals surface area contributed by atoms with Gasteiger partial charge in [0, 0.05) is 30.0 Å². The molecule has 0 saturated carbocycles. The van der Waals surface area contributed by atoms with E-state index in [1.807, 2.05) is 32.9 Å². The van der Waals surface area contributed by atoms with Crippen molar-refractivity contribution in [3.05, 3.63) is 53.2 Å². The molecule has 1 aromatic carbocycles. The van der Waals surface area contributed by atoms with Crippen LogP contribution in [0, 0.1) is 13.8 Å². The van der Waals surface area contributed by atoms with E-state index in [9.17, 15) is 13.2 Å². The van der Waals surface area contributed by atoms with E-state index in [1.54, 1.807) is 23.2 Å². The molecule has 144 valence electrons. The molecule has 27 heavy (non-hydrogen) atoms. The zero-order valence-corrected chi connectivity index (χ0v) is 16.7. The van der Waals surface area contributed by atoms with Crippen molar-refractivity contribution in [2.75, 3.05) is 23.4 Å². The fourth-order valence-corrected chi connectivity index (χ4v) is 5.21. The number of hydrogen-bond donors (Lipinski definition) is 1. The molecule has 1 aliphatic heterocycles. The maximum absolute atomic E-state index is 13.0. The van der Waals surface area contributed by atoms with Crippen LogP contribution in [0.1, 0.15) is 34.8 Å². The van der Waals surface area contributed by atoms with Gasteiger partial charge < -0.3 is 10.2 Å². The minimum Gasteiger partial charge on any atom is -0.340 e. The van der Waals surface area contributed by atoms with Crippen LogP contribution >= 0.6 is 0 Å². The Kier molecular flexibility index (Phi) is 5.51. The Morgan fingerprint density at radius 3 is 2.67 bits per heavy atom. The van der Waals surface area contributed by atoms with Gasteiger partial charge >= 0.3 is 0 Å². The summed E-state index contributed by atoms with van der Waals surface area (Å²) in [4.78, 5) is 18.9. The molecule has 3 rings (SSSR count). The lowest BCUT2D eigenvalue weighted by Gasteiger charge is -2.27. The largest absolute Gasteiger partial charge is 0.340 e. The first-order valence-electron chi connectivity index (χ1n) is 9.11. The molecule has 1 aromatic heterocycles. The number of sulfone groups is 1. The van der Waals surface area contributed by atoms with Crippen molar-refractivity contribution < 1.29 is 13.2 Å². The summed E-state index contributed by atoms with van der Waals surface area (Å²) < 4.78 is 23.6. The van der Waals surface area contributed by atoms with E-state index in [0.717, 1.165) is 11.3 Å². The maximum atomic E-state index is 13.0. The molecule has 6 nitrogen and oxygen atoms in total. The third kappa shape index (κ3) is 4.47. The molecule has 1 atom stereocenters. The van der Waals surface area contributed by atoms with Crippen LogP contribution in [0.2, 0.25) is 0 Å². The fourth-order valence-electron chi connectivity index (χ4n) is 3.48. The number of carbonyl (C=O) groups excluding carboxylic acids is 1. The Hall–Kier alpha value is -2.41. The van der Waals surface area contributed by atoms with Gasteiger partial charge in [-0.3, -0.25) is 4.79 Å². The van der Waals surface area contributed by atoms with E-state index in [2.05, 4.69) is 16.4 Å². The smallest absolute Gasteiger partial charge is 0.254 e. The van der Waals surface area contributed by atoms with Gasteiger partial charge in [-0.15, -0.1) is 0 Å². The zero-order chi connectivity index (χ0) is 19.6. The number of aryl methyl sites for hydroxylation is 2. The summed E-state index contributed by atoms with van der Waals surface area (Å²) in [6.07, 6.45) is 2.10. The van der Waals surface area contributed by atoms with E-state index in [1.165, 1.54) is 5.56 Å². The lowest BCUT2D eigenvalue weighted by molar-refractivity contribution is 0.0708. The molecule has 0 spiro atoms. The third-order valence-corrected chi connectivity index (χ3v) is 6.65. The van der Waals surface area contributed by atoms with Crippen molar-refractivity contribution in [2.45, 2.75) is 33.2 Å².